The molecule has 0 radical (unpaired) electrons. The Labute approximate surface area is 119 Å². The highest BCUT2D eigenvalue weighted by Crippen LogP contribution is 2.32. The second-order valence-electron chi connectivity index (χ2n) is 6.46. The monoisotopic (exact) mass is 287 g/mol. The maximum atomic E-state index is 11.9. The standard InChI is InChI=1S/C14H25NO5/c1-13(2,3)20-12(19)15-14(7-5-4-6-8-14)10(16)9-11(17)18/h10,16H,4-9H2,1-3H3,(H,15,19)(H,17,18)/t10-/m1/s1. The lowest BCUT2D eigenvalue weighted by molar-refractivity contribution is -0.141. The van der Waals surface area contributed by atoms with Gasteiger partial charge in [0.1, 0.15) is 5.60 Å². The van der Waals surface area contributed by atoms with E-state index >= 15 is 0 Å². The van der Waals surface area contributed by atoms with Gasteiger partial charge >= 0.3 is 12.1 Å². The molecule has 116 valence electrons. The number of aliphatic hydroxyl groups excluding tert-OH is 1. The molecule has 0 aliphatic heterocycles. The second-order valence-corrected chi connectivity index (χ2v) is 6.46. The highest BCUT2D eigenvalue weighted by atomic mass is 16.6. The molecule has 0 bridgehead atoms. The summed E-state index contributed by atoms with van der Waals surface area (Å²) in [5.41, 5.74) is -1.52. The van der Waals surface area contributed by atoms with Gasteiger partial charge < -0.3 is 20.3 Å². The molecule has 0 heterocycles. The van der Waals surface area contributed by atoms with Gasteiger partial charge in [0.25, 0.3) is 0 Å². The Morgan fingerprint density at radius 1 is 1.25 bits per heavy atom. The fourth-order valence-corrected chi connectivity index (χ4v) is 2.59. The number of carboxylic acid groups (broad SMARTS) is 1. The second kappa shape index (κ2) is 6.43. The average molecular weight is 287 g/mol. The van der Waals surface area contributed by atoms with Crippen LogP contribution in [0.4, 0.5) is 4.79 Å². The van der Waals surface area contributed by atoms with Gasteiger partial charge in [-0.05, 0) is 33.6 Å². The van der Waals surface area contributed by atoms with Crippen LogP contribution in [-0.4, -0.2) is 39.5 Å². The zero-order valence-corrected chi connectivity index (χ0v) is 12.4. The summed E-state index contributed by atoms with van der Waals surface area (Å²) >= 11 is 0. The third-order valence-electron chi connectivity index (χ3n) is 3.50. The molecule has 1 amide bonds. The molecule has 0 aromatic rings. The molecule has 1 aliphatic carbocycles. The maximum absolute atomic E-state index is 11.9. The van der Waals surface area contributed by atoms with Crippen LogP contribution in [0.15, 0.2) is 0 Å². The van der Waals surface area contributed by atoms with Crippen LogP contribution < -0.4 is 5.32 Å². The molecular weight excluding hydrogens is 262 g/mol. The van der Waals surface area contributed by atoms with Crippen molar-refractivity contribution in [3.63, 3.8) is 0 Å². The van der Waals surface area contributed by atoms with Crippen molar-refractivity contribution in [3.05, 3.63) is 0 Å². The summed E-state index contributed by atoms with van der Waals surface area (Å²) in [5.74, 6) is -1.08. The van der Waals surface area contributed by atoms with E-state index in [1.54, 1.807) is 20.8 Å². The number of carbonyl (C=O) groups excluding carboxylic acids is 1. The first-order valence-corrected chi connectivity index (χ1v) is 7.06. The molecule has 20 heavy (non-hydrogen) atoms. The smallest absolute Gasteiger partial charge is 0.408 e. The first-order chi connectivity index (χ1) is 9.15. The molecule has 0 spiro atoms. The summed E-state index contributed by atoms with van der Waals surface area (Å²) < 4.78 is 5.21. The van der Waals surface area contributed by atoms with Crippen molar-refractivity contribution in [2.75, 3.05) is 0 Å². The Hall–Kier alpha value is -1.30. The van der Waals surface area contributed by atoms with Crippen LogP contribution in [0.1, 0.15) is 59.3 Å². The lowest BCUT2D eigenvalue weighted by Gasteiger charge is -2.41. The number of aliphatic hydroxyl groups is 1. The number of hydrogen-bond donors (Lipinski definition) is 3. The highest BCUT2D eigenvalue weighted by molar-refractivity contribution is 5.70. The molecule has 0 aromatic carbocycles. The molecule has 6 heteroatoms. The van der Waals surface area contributed by atoms with Crippen LogP contribution in [0.3, 0.4) is 0 Å². The minimum Gasteiger partial charge on any atom is -0.481 e. The number of alkyl carbamates (subject to hydrolysis) is 1. The molecule has 1 aliphatic rings. The molecule has 0 aromatic heterocycles. The zero-order chi connectivity index (χ0) is 15.4. The minimum atomic E-state index is -1.10. The van der Waals surface area contributed by atoms with E-state index in [1.165, 1.54) is 0 Å². The van der Waals surface area contributed by atoms with E-state index in [9.17, 15) is 14.7 Å². The summed E-state index contributed by atoms with van der Waals surface area (Å²) in [6.07, 6.45) is 1.78. The van der Waals surface area contributed by atoms with E-state index in [4.69, 9.17) is 9.84 Å². The zero-order valence-electron chi connectivity index (χ0n) is 12.4. The van der Waals surface area contributed by atoms with Crippen LogP contribution in [0.25, 0.3) is 0 Å². The quantitative estimate of drug-likeness (QED) is 0.735. The SMILES string of the molecule is CC(C)(C)OC(=O)NC1([C@H](O)CC(=O)O)CCCCC1. The molecule has 1 saturated carbocycles. The molecule has 1 fully saturated rings. The topological polar surface area (TPSA) is 95.9 Å². The third-order valence-corrected chi connectivity index (χ3v) is 3.50. The number of rotatable bonds is 4. The van der Waals surface area contributed by atoms with Gasteiger partial charge in [0, 0.05) is 0 Å². The van der Waals surface area contributed by atoms with Gasteiger partial charge in [0.15, 0.2) is 0 Å². The fraction of sp³-hybridized carbons (Fsp3) is 0.857. The normalized spacial score (nSPS) is 20.0. The van der Waals surface area contributed by atoms with Crippen molar-refractivity contribution in [3.8, 4) is 0 Å². The lowest BCUT2D eigenvalue weighted by Crippen LogP contribution is -2.58. The Morgan fingerprint density at radius 2 is 1.80 bits per heavy atom. The summed E-state index contributed by atoms with van der Waals surface area (Å²) in [7, 11) is 0. The van der Waals surface area contributed by atoms with Crippen molar-refractivity contribution in [2.24, 2.45) is 0 Å². The molecular formula is C14H25NO5. The maximum Gasteiger partial charge on any atom is 0.408 e. The van der Waals surface area contributed by atoms with E-state index in [2.05, 4.69) is 5.32 Å². The van der Waals surface area contributed by atoms with E-state index < -0.39 is 29.3 Å². The Morgan fingerprint density at radius 3 is 2.25 bits per heavy atom. The number of carbonyl (C=O) groups is 2. The molecule has 6 nitrogen and oxygen atoms in total. The lowest BCUT2D eigenvalue weighted by atomic mass is 9.76. The first kappa shape index (κ1) is 16.8. The number of hydrogen-bond acceptors (Lipinski definition) is 4. The van der Waals surface area contributed by atoms with Crippen LogP contribution >= 0.6 is 0 Å². The van der Waals surface area contributed by atoms with Gasteiger partial charge in [-0.2, -0.15) is 0 Å². The summed E-state index contributed by atoms with van der Waals surface area (Å²) in [6.45, 7) is 5.27. The molecule has 0 unspecified atom stereocenters. The van der Waals surface area contributed by atoms with Crippen LogP contribution in [0, 0.1) is 0 Å². The van der Waals surface area contributed by atoms with Crippen molar-refractivity contribution in [2.45, 2.75) is 76.5 Å². The fourth-order valence-electron chi connectivity index (χ4n) is 2.59. The summed E-state index contributed by atoms with van der Waals surface area (Å²) in [4.78, 5) is 22.7. The number of carboxylic acids is 1. The van der Waals surface area contributed by atoms with E-state index in [1.807, 2.05) is 0 Å². The van der Waals surface area contributed by atoms with Gasteiger partial charge in [-0.15, -0.1) is 0 Å². The Balaban J connectivity index is 2.78. The van der Waals surface area contributed by atoms with Crippen LogP contribution in [0.2, 0.25) is 0 Å². The summed E-state index contributed by atoms with van der Waals surface area (Å²) in [5, 5.41) is 21.8. The van der Waals surface area contributed by atoms with Crippen molar-refractivity contribution < 1.29 is 24.5 Å². The summed E-state index contributed by atoms with van der Waals surface area (Å²) in [6, 6.07) is 0. The van der Waals surface area contributed by atoms with Gasteiger partial charge in [-0.1, -0.05) is 19.3 Å². The van der Waals surface area contributed by atoms with Crippen molar-refractivity contribution in [1.82, 2.24) is 5.32 Å². The predicted molar refractivity (Wildman–Crippen MR) is 73.4 cm³/mol. The number of aliphatic carboxylic acids is 1. The van der Waals surface area contributed by atoms with Crippen molar-refractivity contribution in [1.29, 1.82) is 0 Å². The van der Waals surface area contributed by atoms with Crippen molar-refractivity contribution >= 4 is 12.1 Å². The first-order valence-electron chi connectivity index (χ1n) is 7.06. The Kier molecular flexibility index (Phi) is 5.39. The molecule has 3 N–H and O–H groups in total. The van der Waals surface area contributed by atoms with E-state index in [0.29, 0.717) is 12.8 Å². The number of ether oxygens (including phenoxy) is 1. The van der Waals surface area contributed by atoms with E-state index in [-0.39, 0.29) is 6.42 Å². The van der Waals surface area contributed by atoms with Crippen LogP contribution in [-0.2, 0) is 9.53 Å². The number of amides is 1. The van der Waals surface area contributed by atoms with Gasteiger partial charge in [0.2, 0.25) is 0 Å². The third kappa shape index (κ3) is 5.00. The van der Waals surface area contributed by atoms with Crippen LogP contribution in [0.5, 0.6) is 0 Å². The van der Waals surface area contributed by atoms with E-state index in [0.717, 1.165) is 19.3 Å². The van der Waals surface area contributed by atoms with Gasteiger partial charge in [-0.25, -0.2) is 4.79 Å². The minimum absolute atomic E-state index is 0.379. The highest BCUT2D eigenvalue weighted by Gasteiger charge is 2.42. The molecule has 0 saturated heterocycles. The predicted octanol–water partition coefficient (Wildman–Crippen LogP) is 2.05. The van der Waals surface area contributed by atoms with Gasteiger partial charge in [0.05, 0.1) is 18.1 Å². The largest absolute Gasteiger partial charge is 0.481 e. The Bertz CT molecular complexity index is 355. The van der Waals surface area contributed by atoms with Gasteiger partial charge in [-0.3, -0.25) is 4.79 Å². The molecule has 1 atom stereocenters. The average Bonchev–Trinajstić information content (AvgIpc) is 2.26. The number of nitrogens with one attached hydrogen (secondary N) is 1. The molecule has 1 rings (SSSR count).